The van der Waals surface area contributed by atoms with E-state index in [1.54, 1.807) is 0 Å². The number of ether oxygens (including phenoxy) is 2. The lowest BCUT2D eigenvalue weighted by atomic mass is 10.5. The second-order valence-electron chi connectivity index (χ2n) is 1.61. The zero-order valence-electron chi connectivity index (χ0n) is 4.57. The number of hydrogen-bond donors (Lipinski definition) is 1. The van der Waals surface area contributed by atoms with Crippen molar-refractivity contribution in [3.8, 4) is 0 Å². The quantitative estimate of drug-likeness (QED) is 0.249. The molecule has 1 unspecified atom stereocenters. The highest BCUT2D eigenvalue weighted by Gasteiger charge is 2.24. The maximum Gasteiger partial charge on any atom is 0.540 e. The molecular weight excluding hydrogens is 128 g/mol. The lowest BCUT2D eigenvalue weighted by Crippen LogP contribution is -2.09. The largest absolute Gasteiger partial charge is 0.540 e. The van der Waals surface area contributed by atoms with Crippen LogP contribution in [0.1, 0.15) is 0 Å². The first-order valence-electron chi connectivity index (χ1n) is 2.42. The summed E-state index contributed by atoms with van der Waals surface area (Å²) in [5.41, 5.74) is 0. The van der Waals surface area contributed by atoms with Crippen LogP contribution in [0.5, 0.6) is 0 Å². The third kappa shape index (κ3) is 2.29. The minimum absolute atomic E-state index is 0.00380. The van der Waals surface area contributed by atoms with Gasteiger partial charge in [-0.25, -0.2) is 4.79 Å². The van der Waals surface area contributed by atoms with Crippen LogP contribution in [0.2, 0.25) is 0 Å². The molecule has 5 heteroatoms. The first-order valence-corrected chi connectivity index (χ1v) is 2.42. The highest BCUT2D eigenvalue weighted by Crippen LogP contribution is 2.08. The van der Waals surface area contributed by atoms with E-state index in [0.717, 1.165) is 0 Å². The van der Waals surface area contributed by atoms with Crippen LogP contribution in [0, 0.1) is 0 Å². The lowest BCUT2D eigenvalue weighted by molar-refractivity contribution is -0.200. The number of rotatable bonds is 2. The Morgan fingerprint density at radius 2 is 2.56 bits per heavy atom. The average molecular weight is 134 g/mol. The van der Waals surface area contributed by atoms with Crippen molar-refractivity contribution in [1.82, 2.24) is 0 Å². The zero-order chi connectivity index (χ0) is 6.69. The maximum absolute atomic E-state index is 9.99. The van der Waals surface area contributed by atoms with Crippen LogP contribution in [0.3, 0.4) is 0 Å². The van der Waals surface area contributed by atoms with E-state index in [0.29, 0.717) is 6.61 Å². The normalized spacial score (nSPS) is 23.0. The van der Waals surface area contributed by atoms with Crippen molar-refractivity contribution in [2.75, 3.05) is 13.2 Å². The Balaban J connectivity index is 1.96. The minimum atomic E-state index is -1.09. The second kappa shape index (κ2) is 2.65. The van der Waals surface area contributed by atoms with E-state index in [-0.39, 0.29) is 12.7 Å². The van der Waals surface area contributed by atoms with Crippen molar-refractivity contribution in [1.29, 1.82) is 0 Å². The molecule has 1 aliphatic heterocycles. The van der Waals surface area contributed by atoms with E-state index in [9.17, 15) is 4.79 Å². The number of carbonyl (C=O) groups excluding carboxylic acids is 1. The van der Waals surface area contributed by atoms with E-state index >= 15 is 0 Å². The van der Waals surface area contributed by atoms with Gasteiger partial charge in [0, 0.05) is 0 Å². The van der Waals surface area contributed by atoms with E-state index in [2.05, 4.69) is 14.4 Å². The predicted octanol–water partition coefficient (Wildman–Crippen LogP) is 0.0114. The summed E-state index contributed by atoms with van der Waals surface area (Å²) >= 11 is 0. The monoisotopic (exact) mass is 134 g/mol. The third-order valence-corrected chi connectivity index (χ3v) is 0.864. The molecule has 1 N–H and O–H groups in total. The highest BCUT2D eigenvalue weighted by atomic mass is 17.1. The summed E-state index contributed by atoms with van der Waals surface area (Å²) in [4.78, 5) is 13.2. The first kappa shape index (κ1) is 6.31. The molecule has 0 aliphatic carbocycles. The summed E-state index contributed by atoms with van der Waals surface area (Å²) in [5, 5.41) is 7.65. The van der Waals surface area contributed by atoms with Gasteiger partial charge in [-0.3, -0.25) is 4.89 Å². The molecule has 5 nitrogen and oxygen atoms in total. The van der Waals surface area contributed by atoms with Gasteiger partial charge < -0.3 is 9.47 Å². The Morgan fingerprint density at radius 3 is 3.00 bits per heavy atom. The fourth-order valence-corrected chi connectivity index (χ4v) is 0.352. The number of hydrogen-bond acceptors (Lipinski definition) is 5. The Morgan fingerprint density at radius 1 is 1.89 bits per heavy atom. The third-order valence-electron chi connectivity index (χ3n) is 0.864. The molecule has 0 aromatic carbocycles. The first-order chi connectivity index (χ1) is 4.33. The molecule has 9 heavy (non-hydrogen) atoms. The highest BCUT2D eigenvalue weighted by molar-refractivity contribution is 5.58. The molecule has 0 aromatic heterocycles. The van der Waals surface area contributed by atoms with Crippen LogP contribution in [0.4, 0.5) is 4.79 Å². The molecular formula is C4H6O5. The molecule has 0 aromatic rings. The molecule has 0 spiro atoms. The van der Waals surface area contributed by atoms with Gasteiger partial charge in [-0.05, 0) is 0 Å². The van der Waals surface area contributed by atoms with Gasteiger partial charge in [0.1, 0.15) is 12.7 Å². The van der Waals surface area contributed by atoms with Crippen LogP contribution in [-0.2, 0) is 14.4 Å². The Hall–Kier alpha value is -0.810. The lowest BCUT2D eigenvalue weighted by Gasteiger charge is -1.95. The molecule has 1 atom stereocenters. The van der Waals surface area contributed by atoms with Gasteiger partial charge >= 0.3 is 6.16 Å². The number of carbonyl (C=O) groups is 1. The average Bonchev–Trinajstić information content (AvgIpc) is 2.65. The van der Waals surface area contributed by atoms with Crippen LogP contribution in [0.15, 0.2) is 0 Å². The molecule has 52 valence electrons. The summed E-state index contributed by atoms with van der Waals surface area (Å²) in [7, 11) is 0. The van der Waals surface area contributed by atoms with Crippen LogP contribution < -0.4 is 0 Å². The van der Waals surface area contributed by atoms with E-state index in [4.69, 9.17) is 5.26 Å². The summed E-state index contributed by atoms with van der Waals surface area (Å²) in [6, 6.07) is 0. The van der Waals surface area contributed by atoms with Gasteiger partial charge in [-0.15, -0.1) is 0 Å². The Labute approximate surface area is 51.1 Å². The Kier molecular flexibility index (Phi) is 1.86. The molecule has 0 amide bonds. The Bertz CT molecular complexity index is 108. The van der Waals surface area contributed by atoms with Crippen molar-refractivity contribution in [2.45, 2.75) is 6.10 Å². The fraction of sp³-hybridized carbons (Fsp3) is 0.750. The summed E-state index contributed by atoms with van der Waals surface area (Å²) < 4.78 is 8.97. The molecule has 0 radical (unpaired) electrons. The smallest absolute Gasteiger partial charge is 0.429 e. The van der Waals surface area contributed by atoms with E-state index in [1.807, 2.05) is 0 Å². The summed E-state index contributed by atoms with van der Waals surface area (Å²) in [6.07, 6.45) is -1.09. The van der Waals surface area contributed by atoms with Gasteiger partial charge in [0.25, 0.3) is 0 Å². The molecule has 1 aliphatic rings. The molecule has 1 heterocycles. The fourth-order valence-electron chi connectivity index (χ4n) is 0.352. The van der Waals surface area contributed by atoms with Crippen molar-refractivity contribution >= 4 is 6.16 Å². The van der Waals surface area contributed by atoms with Gasteiger partial charge in [-0.1, -0.05) is 0 Å². The summed E-state index contributed by atoms with van der Waals surface area (Å²) in [6.45, 7) is 0.762. The number of epoxide rings is 1. The van der Waals surface area contributed by atoms with Gasteiger partial charge in [-0.2, -0.15) is 5.26 Å². The van der Waals surface area contributed by atoms with Crippen LogP contribution >= 0.6 is 0 Å². The molecule has 1 fully saturated rings. The molecule has 1 saturated heterocycles. The molecule has 0 saturated carbocycles. The van der Waals surface area contributed by atoms with Crippen molar-refractivity contribution < 1.29 is 24.4 Å². The van der Waals surface area contributed by atoms with Gasteiger partial charge in [0.2, 0.25) is 0 Å². The standard InChI is InChI=1S/C4H6O5/c5-4(9-6)8-2-3-1-7-3/h3,6H,1-2H2. The second-order valence-corrected chi connectivity index (χ2v) is 1.61. The topological polar surface area (TPSA) is 68.3 Å². The zero-order valence-corrected chi connectivity index (χ0v) is 4.57. The van der Waals surface area contributed by atoms with Crippen molar-refractivity contribution in [3.63, 3.8) is 0 Å². The van der Waals surface area contributed by atoms with Crippen LogP contribution in [-0.4, -0.2) is 30.7 Å². The van der Waals surface area contributed by atoms with Crippen molar-refractivity contribution in [3.05, 3.63) is 0 Å². The SMILES string of the molecule is O=C(OO)OCC1CO1. The van der Waals surface area contributed by atoms with Crippen LogP contribution in [0.25, 0.3) is 0 Å². The van der Waals surface area contributed by atoms with E-state index < -0.39 is 6.16 Å². The molecule has 0 bridgehead atoms. The van der Waals surface area contributed by atoms with Crippen molar-refractivity contribution in [2.24, 2.45) is 0 Å². The summed E-state index contributed by atoms with van der Waals surface area (Å²) in [5.74, 6) is 0. The minimum Gasteiger partial charge on any atom is -0.429 e. The maximum atomic E-state index is 9.99. The predicted molar refractivity (Wildman–Crippen MR) is 24.8 cm³/mol. The van der Waals surface area contributed by atoms with Gasteiger partial charge in [0.05, 0.1) is 6.61 Å². The molecule has 1 rings (SSSR count). The van der Waals surface area contributed by atoms with Gasteiger partial charge in [0.15, 0.2) is 0 Å². The van der Waals surface area contributed by atoms with E-state index in [1.165, 1.54) is 0 Å².